The van der Waals surface area contributed by atoms with Crippen LogP contribution in [0.1, 0.15) is 47.1 Å². The third-order valence-electron chi connectivity index (χ3n) is 8.04. The number of hydrogen-bond donors (Lipinski definition) is 2. The first-order valence-electron chi connectivity index (χ1n) is 15.7. The standard InChI is InChI=1S/C40H41N3O2/c44-38(41-29-16-27-39(45)43(31-33-17-6-1-7-18-33)32-34-19-8-2-9-20-34)28-30-42-40(35-21-10-3-11-22-35,36-23-12-4-13-24-36)37-25-14-5-15-26-37/h1-15,17-26,42H,16,27-32H2,(H,41,44). The number of hydrogen-bond acceptors (Lipinski definition) is 3. The number of carbonyl (C=O) groups is 2. The Morgan fingerprint density at radius 1 is 0.511 bits per heavy atom. The van der Waals surface area contributed by atoms with E-state index in [1.54, 1.807) is 0 Å². The fourth-order valence-electron chi connectivity index (χ4n) is 5.79. The Balaban J connectivity index is 1.17. The molecule has 5 aromatic rings. The molecule has 2 amide bonds. The van der Waals surface area contributed by atoms with E-state index in [1.807, 2.05) is 120 Å². The zero-order chi connectivity index (χ0) is 31.2. The Labute approximate surface area is 266 Å². The third-order valence-corrected chi connectivity index (χ3v) is 8.04. The molecule has 5 heteroatoms. The molecule has 5 aromatic carbocycles. The highest BCUT2D eigenvalue weighted by Gasteiger charge is 2.35. The summed E-state index contributed by atoms with van der Waals surface area (Å²) in [6, 6.07) is 51.2. The first kappa shape index (κ1) is 31.4. The van der Waals surface area contributed by atoms with Crippen LogP contribution in [0.15, 0.2) is 152 Å². The van der Waals surface area contributed by atoms with Crippen molar-refractivity contribution >= 4 is 11.8 Å². The molecular weight excluding hydrogens is 554 g/mol. The average Bonchev–Trinajstić information content (AvgIpc) is 3.10. The fraction of sp³-hybridized carbons (Fsp3) is 0.200. The highest BCUT2D eigenvalue weighted by molar-refractivity contribution is 5.77. The molecule has 0 unspecified atom stereocenters. The topological polar surface area (TPSA) is 61.4 Å². The van der Waals surface area contributed by atoms with E-state index in [0.717, 1.165) is 27.8 Å². The van der Waals surface area contributed by atoms with Crippen LogP contribution >= 0.6 is 0 Å². The molecule has 2 N–H and O–H groups in total. The van der Waals surface area contributed by atoms with E-state index < -0.39 is 5.54 Å². The van der Waals surface area contributed by atoms with Crippen molar-refractivity contribution in [3.8, 4) is 0 Å². The molecule has 0 saturated carbocycles. The molecule has 228 valence electrons. The van der Waals surface area contributed by atoms with Crippen molar-refractivity contribution in [1.29, 1.82) is 0 Å². The van der Waals surface area contributed by atoms with E-state index >= 15 is 0 Å². The summed E-state index contributed by atoms with van der Waals surface area (Å²) in [6.45, 7) is 2.04. The SMILES string of the molecule is O=C(CCNC(c1ccccc1)(c1ccccc1)c1ccccc1)NCCCC(=O)N(Cc1ccccc1)Cc1ccccc1. The molecule has 0 aromatic heterocycles. The predicted octanol–water partition coefficient (Wildman–Crippen LogP) is 7.08. The summed E-state index contributed by atoms with van der Waals surface area (Å²) in [5.74, 6) is 0.0421. The van der Waals surface area contributed by atoms with E-state index in [-0.39, 0.29) is 11.8 Å². The van der Waals surface area contributed by atoms with Gasteiger partial charge in [-0.15, -0.1) is 0 Å². The zero-order valence-electron chi connectivity index (χ0n) is 25.6. The number of nitrogens with one attached hydrogen (secondary N) is 2. The van der Waals surface area contributed by atoms with Crippen molar-refractivity contribution in [2.45, 2.75) is 37.9 Å². The van der Waals surface area contributed by atoms with Gasteiger partial charge >= 0.3 is 0 Å². The second-order valence-corrected chi connectivity index (χ2v) is 11.2. The van der Waals surface area contributed by atoms with E-state index in [9.17, 15) is 9.59 Å². The molecule has 0 atom stereocenters. The number of carbonyl (C=O) groups excluding carboxylic acids is 2. The summed E-state index contributed by atoms with van der Waals surface area (Å²) < 4.78 is 0. The molecule has 0 aliphatic rings. The molecule has 0 radical (unpaired) electrons. The van der Waals surface area contributed by atoms with Gasteiger partial charge in [-0.2, -0.15) is 0 Å². The minimum atomic E-state index is -0.614. The lowest BCUT2D eigenvalue weighted by atomic mass is 9.77. The summed E-state index contributed by atoms with van der Waals surface area (Å²) in [5.41, 5.74) is 4.91. The third kappa shape index (κ3) is 8.55. The highest BCUT2D eigenvalue weighted by Crippen LogP contribution is 2.36. The number of benzene rings is 5. The molecule has 5 rings (SSSR count). The van der Waals surface area contributed by atoms with E-state index in [0.29, 0.717) is 45.4 Å². The smallest absolute Gasteiger partial charge is 0.223 e. The minimum Gasteiger partial charge on any atom is -0.356 e. The largest absolute Gasteiger partial charge is 0.356 e. The van der Waals surface area contributed by atoms with Crippen molar-refractivity contribution in [3.05, 3.63) is 179 Å². The monoisotopic (exact) mass is 595 g/mol. The van der Waals surface area contributed by atoms with Crippen LogP contribution in [0, 0.1) is 0 Å². The van der Waals surface area contributed by atoms with Gasteiger partial charge in [0.2, 0.25) is 11.8 Å². The summed E-state index contributed by atoms with van der Waals surface area (Å²) in [7, 11) is 0. The van der Waals surface area contributed by atoms with Crippen LogP contribution in [0.4, 0.5) is 0 Å². The van der Waals surface area contributed by atoms with Gasteiger partial charge in [0.05, 0.1) is 5.54 Å². The second-order valence-electron chi connectivity index (χ2n) is 11.2. The molecule has 0 saturated heterocycles. The Kier molecular flexibility index (Phi) is 11.3. The van der Waals surface area contributed by atoms with Crippen LogP contribution in [0.5, 0.6) is 0 Å². The molecule has 0 spiro atoms. The maximum atomic E-state index is 13.3. The van der Waals surface area contributed by atoms with Crippen molar-refractivity contribution < 1.29 is 9.59 Å². The van der Waals surface area contributed by atoms with Crippen LogP contribution in [0.3, 0.4) is 0 Å². The number of nitrogens with zero attached hydrogens (tertiary/aromatic N) is 1. The molecule has 0 aliphatic carbocycles. The first-order valence-corrected chi connectivity index (χ1v) is 15.7. The number of amides is 2. The Morgan fingerprint density at radius 3 is 1.33 bits per heavy atom. The summed E-state index contributed by atoms with van der Waals surface area (Å²) in [4.78, 5) is 28.1. The van der Waals surface area contributed by atoms with Gasteiger partial charge in [0.15, 0.2) is 0 Å². The minimum absolute atomic E-state index is 0.0385. The Hall–Kier alpha value is -5.00. The van der Waals surface area contributed by atoms with Gasteiger partial charge < -0.3 is 10.2 Å². The normalized spacial score (nSPS) is 11.1. The molecule has 5 nitrogen and oxygen atoms in total. The van der Waals surface area contributed by atoms with Gasteiger partial charge in [0.25, 0.3) is 0 Å². The number of rotatable bonds is 15. The van der Waals surface area contributed by atoms with Crippen molar-refractivity contribution in [2.24, 2.45) is 0 Å². The molecule has 0 bridgehead atoms. The van der Waals surface area contributed by atoms with E-state index in [1.165, 1.54) is 0 Å². The van der Waals surface area contributed by atoms with E-state index in [2.05, 4.69) is 47.0 Å². The maximum absolute atomic E-state index is 13.3. The zero-order valence-corrected chi connectivity index (χ0v) is 25.6. The van der Waals surface area contributed by atoms with Gasteiger partial charge in [-0.3, -0.25) is 14.9 Å². The maximum Gasteiger partial charge on any atom is 0.223 e. The molecule has 45 heavy (non-hydrogen) atoms. The fourth-order valence-corrected chi connectivity index (χ4v) is 5.79. The van der Waals surface area contributed by atoms with Gasteiger partial charge in [-0.25, -0.2) is 0 Å². The van der Waals surface area contributed by atoms with Gasteiger partial charge in [0.1, 0.15) is 0 Å². The predicted molar refractivity (Wildman–Crippen MR) is 181 cm³/mol. The quantitative estimate of drug-likeness (QED) is 0.100. The molecule has 0 heterocycles. The lowest BCUT2D eigenvalue weighted by Gasteiger charge is -2.37. The van der Waals surface area contributed by atoms with Crippen molar-refractivity contribution in [1.82, 2.24) is 15.5 Å². The van der Waals surface area contributed by atoms with Gasteiger partial charge in [-0.05, 0) is 34.2 Å². The van der Waals surface area contributed by atoms with Gasteiger partial charge in [-0.1, -0.05) is 152 Å². The van der Waals surface area contributed by atoms with Crippen LogP contribution in [0.2, 0.25) is 0 Å². The van der Waals surface area contributed by atoms with Crippen molar-refractivity contribution in [2.75, 3.05) is 13.1 Å². The van der Waals surface area contributed by atoms with Gasteiger partial charge in [0, 0.05) is 39.0 Å². The van der Waals surface area contributed by atoms with Crippen molar-refractivity contribution in [3.63, 3.8) is 0 Å². The lowest BCUT2D eigenvalue weighted by Crippen LogP contribution is -2.46. The van der Waals surface area contributed by atoms with Crippen LogP contribution in [0.25, 0.3) is 0 Å². The summed E-state index contributed by atoms with van der Waals surface area (Å²) >= 11 is 0. The van der Waals surface area contributed by atoms with E-state index in [4.69, 9.17) is 0 Å². The summed E-state index contributed by atoms with van der Waals surface area (Å²) in [6.07, 6.45) is 1.27. The average molecular weight is 596 g/mol. The Bertz CT molecular complexity index is 1460. The lowest BCUT2D eigenvalue weighted by molar-refractivity contribution is -0.132. The second kappa shape index (κ2) is 16.2. The first-order chi connectivity index (χ1) is 22.1. The molecule has 0 fully saturated rings. The summed E-state index contributed by atoms with van der Waals surface area (Å²) in [5, 5.41) is 6.79. The molecule has 0 aliphatic heterocycles. The van der Waals surface area contributed by atoms with Crippen LogP contribution in [-0.4, -0.2) is 29.8 Å². The highest BCUT2D eigenvalue weighted by atomic mass is 16.2. The van der Waals surface area contributed by atoms with Crippen LogP contribution in [-0.2, 0) is 28.2 Å². The molecular formula is C40H41N3O2. The van der Waals surface area contributed by atoms with Crippen LogP contribution < -0.4 is 10.6 Å². The Morgan fingerprint density at radius 2 is 0.911 bits per heavy atom.